The van der Waals surface area contributed by atoms with Gasteiger partial charge in [0.1, 0.15) is 11.5 Å². The molecule has 2 aromatic carbocycles. The maximum absolute atomic E-state index is 5.90. The molecule has 0 fully saturated rings. The molecule has 4 heteroatoms. The van der Waals surface area contributed by atoms with Crippen LogP contribution >= 0.6 is 15.9 Å². The molecule has 0 radical (unpaired) electrons. The minimum absolute atomic E-state index is 0.425. The highest BCUT2D eigenvalue weighted by molar-refractivity contribution is 9.10. The first-order chi connectivity index (χ1) is 9.24. The topological polar surface area (TPSA) is 44.5 Å². The van der Waals surface area contributed by atoms with Gasteiger partial charge in [-0.2, -0.15) is 0 Å². The van der Waals surface area contributed by atoms with Crippen LogP contribution in [0.1, 0.15) is 11.1 Å². The van der Waals surface area contributed by atoms with Gasteiger partial charge in [0, 0.05) is 23.7 Å². The fraction of sp³-hybridized carbons (Fsp3) is 0.200. The van der Waals surface area contributed by atoms with E-state index in [0.717, 1.165) is 27.1 Å². The van der Waals surface area contributed by atoms with Crippen LogP contribution in [0.3, 0.4) is 0 Å². The number of methoxy groups -OCH3 is 1. The molecule has 0 heterocycles. The quantitative estimate of drug-likeness (QED) is 0.909. The average molecular weight is 322 g/mol. The highest BCUT2D eigenvalue weighted by atomic mass is 79.9. The minimum atomic E-state index is 0.425. The Morgan fingerprint density at radius 3 is 2.68 bits per heavy atom. The van der Waals surface area contributed by atoms with Crippen molar-refractivity contribution in [2.75, 3.05) is 7.11 Å². The molecule has 19 heavy (non-hydrogen) atoms. The van der Waals surface area contributed by atoms with Crippen LogP contribution in [-0.2, 0) is 17.9 Å². The maximum atomic E-state index is 5.90. The predicted molar refractivity (Wildman–Crippen MR) is 79.3 cm³/mol. The van der Waals surface area contributed by atoms with Gasteiger partial charge in [0.25, 0.3) is 0 Å². The third-order valence-corrected chi connectivity index (χ3v) is 3.46. The molecule has 0 saturated carbocycles. The van der Waals surface area contributed by atoms with Crippen molar-refractivity contribution < 1.29 is 9.47 Å². The minimum Gasteiger partial charge on any atom is -0.457 e. The molecule has 0 aliphatic heterocycles. The Kier molecular flexibility index (Phi) is 4.96. The summed E-state index contributed by atoms with van der Waals surface area (Å²) in [6.45, 7) is 0.994. The molecule has 0 aliphatic carbocycles. The average Bonchev–Trinajstić information content (AvgIpc) is 2.40. The van der Waals surface area contributed by atoms with Gasteiger partial charge in [0.05, 0.1) is 6.61 Å². The van der Waals surface area contributed by atoms with Gasteiger partial charge in [0.2, 0.25) is 0 Å². The first-order valence-electron chi connectivity index (χ1n) is 5.97. The summed E-state index contributed by atoms with van der Waals surface area (Å²) in [6, 6.07) is 13.6. The van der Waals surface area contributed by atoms with Gasteiger partial charge in [-0.05, 0) is 29.8 Å². The molecular weight excluding hydrogens is 306 g/mol. The van der Waals surface area contributed by atoms with E-state index in [1.807, 2.05) is 42.5 Å². The molecule has 0 atom stereocenters. The summed E-state index contributed by atoms with van der Waals surface area (Å²) < 4.78 is 12.0. The molecule has 2 N–H and O–H groups in total. The Bertz CT molecular complexity index is 558. The van der Waals surface area contributed by atoms with E-state index in [4.69, 9.17) is 15.2 Å². The van der Waals surface area contributed by atoms with Crippen LogP contribution in [0.15, 0.2) is 46.9 Å². The third-order valence-electron chi connectivity index (χ3n) is 2.72. The summed E-state index contributed by atoms with van der Waals surface area (Å²) in [6.07, 6.45) is 0. The van der Waals surface area contributed by atoms with Crippen molar-refractivity contribution in [2.24, 2.45) is 5.73 Å². The van der Waals surface area contributed by atoms with Crippen molar-refractivity contribution in [3.05, 3.63) is 58.1 Å². The summed E-state index contributed by atoms with van der Waals surface area (Å²) in [5.74, 6) is 1.55. The van der Waals surface area contributed by atoms with Gasteiger partial charge >= 0.3 is 0 Å². The predicted octanol–water partition coefficient (Wildman–Crippen LogP) is 3.85. The lowest BCUT2D eigenvalue weighted by Crippen LogP contribution is -2.00. The van der Waals surface area contributed by atoms with Gasteiger partial charge < -0.3 is 15.2 Å². The van der Waals surface area contributed by atoms with Gasteiger partial charge in [-0.3, -0.25) is 0 Å². The van der Waals surface area contributed by atoms with E-state index in [2.05, 4.69) is 15.9 Å². The monoisotopic (exact) mass is 321 g/mol. The number of hydrogen-bond acceptors (Lipinski definition) is 3. The number of halogens is 1. The highest BCUT2D eigenvalue weighted by Crippen LogP contribution is 2.30. The van der Waals surface area contributed by atoms with Crippen molar-refractivity contribution in [2.45, 2.75) is 13.2 Å². The van der Waals surface area contributed by atoms with Crippen molar-refractivity contribution in [3.63, 3.8) is 0 Å². The molecule has 100 valence electrons. The Morgan fingerprint density at radius 1 is 1.16 bits per heavy atom. The summed E-state index contributed by atoms with van der Waals surface area (Å²) >= 11 is 3.48. The first kappa shape index (κ1) is 14.1. The number of nitrogens with two attached hydrogens (primary N) is 1. The van der Waals surface area contributed by atoms with Crippen molar-refractivity contribution in [1.82, 2.24) is 0 Å². The van der Waals surface area contributed by atoms with E-state index in [-0.39, 0.29) is 0 Å². The summed E-state index contributed by atoms with van der Waals surface area (Å²) in [5.41, 5.74) is 7.78. The van der Waals surface area contributed by atoms with Crippen LogP contribution in [0.4, 0.5) is 0 Å². The van der Waals surface area contributed by atoms with E-state index < -0.39 is 0 Å². The molecule has 0 amide bonds. The summed E-state index contributed by atoms with van der Waals surface area (Å²) in [4.78, 5) is 0. The molecule has 0 aromatic heterocycles. The van der Waals surface area contributed by atoms with Crippen LogP contribution in [0.2, 0.25) is 0 Å². The molecule has 0 unspecified atom stereocenters. The van der Waals surface area contributed by atoms with E-state index in [1.165, 1.54) is 0 Å². The molecular formula is C15H16BrNO2. The molecule has 0 bridgehead atoms. The van der Waals surface area contributed by atoms with Gasteiger partial charge in [-0.25, -0.2) is 0 Å². The Balaban J connectivity index is 2.26. The summed E-state index contributed by atoms with van der Waals surface area (Å²) in [5, 5.41) is 0. The standard InChI is InChI=1S/C15H16BrNO2/c1-18-10-11-4-2-5-12(8-11)19-15-7-3-6-14(16)13(15)9-17/h2-8H,9-10,17H2,1H3. The maximum Gasteiger partial charge on any atom is 0.133 e. The van der Waals surface area contributed by atoms with Crippen molar-refractivity contribution >= 4 is 15.9 Å². The normalized spacial score (nSPS) is 10.5. The number of rotatable bonds is 5. The lowest BCUT2D eigenvalue weighted by Gasteiger charge is -2.12. The van der Waals surface area contributed by atoms with Crippen LogP contribution < -0.4 is 10.5 Å². The Morgan fingerprint density at radius 2 is 1.95 bits per heavy atom. The smallest absolute Gasteiger partial charge is 0.133 e. The largest absolute Gasteiger partial charge is 0.457 e. The Hall–Kier alpha value is -1.36. The lowest BCUT2D eigenvalue weighted by atomic mass is 10.2. The number of benzene rings is 2. The zero-order chi connectivity index (χ0) is 13.7. The second-order valence-corrected chi connectivity index (χ2v) is 4.96. The third kappa shape index (κ3) is 3.56. The molecule has 0 spiro atoms. The van der Waals surface area contributed by atoms with E-state index in [0.29, 0.717) is 13.2 Å². The van der Waals surface area contributed by atoms with Crippen LogP contribution in [0, 0.1) is 0 Å². The molecule has 2 rings (SSSR count). The molecule has 2 aromatic rings. The molecule has 0 aliphatic rings. The zero-order valence-electron chi connectivity index (χ0n) is 10.7. The van der Waals surface area contributed by atoms with Gasteiger partial charge in [0.15, 0.2) is 0 Å². The van der Waals surface area contributed by atoms with Crippen molar-refractivity contribution in [3.8, 4) is 11.5 Å². The van der Waals surface area contributed by atoms with Gasteiger partial charge in [-0.15, -0.1) is 0 Å². The number of ether oxygens (including phenoxy) is 2. The highest BCUT2D eigenvalue weighted by Gasteiger charge is 2.07. The van der Waals surface area contributed by atoms with E-state index in [1.54, 1.807) is 7.11 Å². The molecule has 3 nitrogen and oxygen atoms in total. The number of hydrogen-bond donors (Lipinski definition) is 1. The molecule has 0 saturated heterocycles. The SMILES string of the molecule is COCc1cccc(Oc2cccc(Br)c2CN)c1. The van der Waals surface area contributed by atoms with Crippen molar-refractivity contribution in [1.29, 1.82) is 0 Å². The van der Waals surface area contributed by atoms with E-state index >= 15 is 0 Å². The fourth-order valence-electron chi connectivity index (χ4n) is 1.82. The second kappa shape index (κ2) is 6.70. The van der Waals surface area contributed by atoms with E-state index in [9.17, 15) is 0 Å². The van der Waals surface area contributed by atoms with Crippen LogP contribution in [0.25, 0.3) is 0 Å². The lowest BCUT2D eigenvalue weighted by molar-refractivity contribution is 0.184. The van der Waals surface area contributed by atoms with Crippen LogP contribution in [-0.4, -0.2) is 7.11 Å². The second-order valence-electron chi connectivity index (χ2n) is 4.10. The Labute approximate surface area is 121 Å². The zero-order valence-corrected chi connectivity index (χ0v) is 12.3. The van der Waals surface area contributed by atoms with Crippen LogP contribution in [0.5, 0.6) is 11.5 Å². The summed E-state index contributed by atoms with van der Waals surface area (Å²) in [7, 11) is 1.67. The fourth-order valence-corrected chi connectivity index (χ4v) is 2.33. The van der Waals surface area contributed by atoms with Gasteiger partial charge in [-0.1, -0.05) is 34.1 Å². The first-order valence-corrected chi connectivity index (χ1v) is 6.77.